The summed E-state index contributed by atoms with van der Waals surface area (Å²) in [5.41, 5.74) is 1.24. The second-order valence-corrected chi connectivity index (χ2v) is 10.3. The van der Waals surface area contributed by atoms with Crippen LogP contribution in [0.4, 0.5) is 13.2 Å². The van der Waals surface area contributed by atoms with Crippen molar-refractivity contribution in [3.63, 3.8) is 0 Å². The Morgan fingerprint density at radius 3 is 2.24 bits per heavy atom. The van der Waals surface area contributed by atoms with Crippen molar-refractivity contribution >= 4 is 5.97 Å². The third-order valence-electron chi connectivity index (χ3n) is 7.37. The summed E-state index contributed by atoms with van der Waals surface area (Å²) in [6.07, 6.45) is 7.79. The number of rotatable bonds is 10. The zero-order chi connectivity index (χ0) is 27.1. The molecule has 0 heterocycles. The Bertz CT molecular complexity index is 1230. The topological polar surface area (TPSA) is 35.5 Å². The number of hydrogen-bond donors (Lipinski definition) is 0. The molecule has 0 bridgehead atoms. The summed E-state index contributed by atoms with van der Waals surface area (Å²) in [5, 5.41) is 0. The van der Waals surface area contributed by atoms with Gasteiger partial charge in [0.1, 0.15) is 5.75 Å². The molecule has 4 rings (SSSR count). The highest BCUT2D eigenvalue weighted by atomic mass is 19.2. The number of benzene rings is 3. The number of carbonyl (C=O) groups is 1. The molecule has 0 amide bonds. The van der Waals surface area contributed by atoms with Crippen molar-refractivity contribution < 1.29 is 27.4 Å². The average molecular weight is 525 g/mol. The minimum absolute atomic E-state index is 0.0328. The number of hydrogen-bond acceptors (Lipinski definition) is 3. The van der Waals surface area contributed by atoms with Crippen LogP contribution in [-0.2, 0) is 0 Å². The van der Waals surface area contributed by atoms with Crippen molar-refractivity contribution in [1.82, 2.24) is 0 Å². The van der Waals surface area contributed by atoms with E-state index in [9.17, 15) is 18.0 Å². The highest BCUT2D eigenvalue weighted by molar-refractivity contribution is 5.91. The minimum Gasteiger partial charge on any atom is -0.491 e. The maximum absolute atomic E-state index is 14.8. The molecular formula is C32H35F3O3. The molecule has 0 spiro atoms. The molecule has 38 heavy (non-hydrogen) atoms. The van der Waals surface area contributed by atoms with E-state index in [1.807, 2.05) is 0 Å². The summed E-state index contributed by atoms with van der Waals surface area (Å²) >= 11 is 0. The number of carbonyl (C=O) groups excluding carboxylic acids is 1. The van der Waals surface area contributed by atoms with Gasteiger partial charge in [-0.3, -0.25) is 0 Å². The van der Waals surface area contributed by atoms with Crippen molar-refractivity contribution in [1.29, 1.82) is 0 Å². The summed E-state index contributed by atoms with van der Waals surface area (Å²) in [5.74, 6) is -2.60. The first kappa shape index (κ1) is 27.7. The number of esters is 1. The maximum atomic E-state index is 14.8. The molecule has 0 aromatic heterocycles. The van der Waals surface area contributed by atoms with Gasteiger partial charge in [0.25, 0.3) is 0 Å². The quantitative estimate of drug-likeness (QED) is 0.151. The lowest BCUT2D eigenvalue weighted by molar-refractivity contribution is 0.0728. The van der Waals surface area contributed by atoms with E-state index in [-0.39, 0.29) is 17.4 Å². The van der Waals surface area contributed by atoms with Crippen LogP contribution in [0.15, 0.2) is 54.6 Å². The van der Waals surface area contributed by atoms with Gasteiger partial charge >= 0.3 is 5.97 Å². The lowest BCUT2D eigenvalue weighted by atomic mass is 9.79. The molecule has 1 fully saturated rings. The van der Waals surface area contributed by atoms with Gasteiger partial charge in [-0.05, 0) is 78.1 Å². The van der Waals surface area contributed by atoms with Gasteiger partial charge in [0.2, 0.25) is 0 Å². The Morgan fingerprint density at radius 2 is 1.55 bits per heavy atom. The van der Waals surface area contributed by atoms with Gasteiger partial charge in [0, 0.05) is 0 Å². The Balaban J connectivity index is 1.38. The zero-order valence-electron chi connectivity index (χ0n) is 22.1. The molecule has 3 aromatic rings. The van der Waals surface area contributed by atoms with Gasteiger partial charge in [-0.15, -0.1) is 0 Å². The van der Waals surface area contributed by atoms with Crippen LogP contribution in [0.1, 0.15) is 87.1 Å². The molecule has 202 valence electrons. The molecule has 1 aliphatic carbocycles. The van der Waals surface area contributed by atoms with E-state index in [2.05, 4.69) is 13.8 Å². The van der Waals surface area contributed by atoms with Crippen LogP contribution >= 0.6 is 0 Å². The third kappa shape index (κ3) is 6.77. The average Bonchev–Trinajstić information content (AvgIpc) is 2.92. The molecule has 0 saturated heterocycles. The van der Waals surface area contributed by atoms with Crippen molar-refractivity contribution in [2.75, 3.05) is 6.61 Å². The number of ether oxygens (including phenoxy) is 2. The standard InChI is InChI=1S/C32H35F3O3/c1-3-4-5-6-19-37-29-18-13-24(20-28(29)33)22-11-14-25(15-12-22)38-32(36)27-17-16-26(30(34)31(27)35)23-9-7-21(2)8-10-23/h11-18,20-21,23H,3-10,19H2,1-2H3. The van der Waals surface area contributed by atoms with Gasteiger partial charge in [0.05, 0.1) is 12.2 Å². The number of unbranched alkanes of at least 4 members (excludes halogenated alkanes) is 3. The van der Waals surface area contributed by atoms with Crippen molar-refractivity contribution in [2.24, 2.45) is 5.92 Å². The third-order valence-corrected chi connectivity index (χ3v) is 7.37. The zero-order valence-corrected chi connectivity index (χ0v) is 22.1. The molecule has 1 saturated carbocycles. The fourth-order valence-electron chi connectivity index (χ4n) is 4.99. The first-order valence-corrected chi connectivity index (χ1v) is 13.6. The van der Waals surface area contributed by atoms with Crippen LogP contribution in [0, 0.1) is 23.4 Å². The molecule has 0 atom stereocenters. The van der Waals surface area contributed by atoms with Crippen molar-refractivity contribution in [2.45, 2.75) is 71.1 Å². The van der Waals surface area contributed by atoms with Crippen LogP contribution < -0.4 is 9.47 Å². The van der Waals surface area contributed by atoms with Gasteiger partial charge in [0.15, 0.2) is 23.2 Å². The smallest absolute Gasteiger partial charge is 0.346 e. The largest absolute Gasteiger partial charge is 0.491 e. The Kier molecular flexibility index (Phi) is 9.48. The SMILES string of the molecule is CCCCCCOc1ccc(-c2ccc(OC(=O)c3ccc(C4CCC(C)CC4)c(F)c3F)cc2)cc1F. The van der Waals surface area contributed by atoms with E-state index in [0.717, 1.165) is 51.4 Å². The lowest BCUT2D eigenvalue weighted by Crippen LogP contribution is -2.16. The van der Waals surface area contributed by atoms with Crippen LogP contribution in [-0.4, -0.2) is 12.6 Å². The molecule has 0 radical (unpaired) electrons. The normalized spacial score (nSPS) is 17.3. The van der Waals surface area contributed by atoms with Crippen LogP contribution in [0.5, 0.6) is 11.5 Å². The Hall–Kier alpha value is -3.28. The van der Waals surface area contributed by atoms with Crippen molar-refractivity contribution in [3.8, 4) is 22.6 Å². The van der Waals surface area contributed by atoms with Gasteiger partial charge in [-0.2, -0.15) is 0 Å². The molecule has 3 aromatic carbocycles. The predicted molar refractivity (Wildman–Crippen MR) is 143 cm³/mol. The summed E-state index contributed by atoms with van der Waals surface area (Å²) < 4.78 is 55.0. The van der Waals surface area contributed by atoms with Gasteiger partial charge < -0.3 is 9.47 Å². The summed E-state index contributed by atoms with van der Waals surface area (Å²) in [6, 6.07) is 14.0. The van der Waals surface area contributed by atoms with Gasteiger partial charge in [-0.25, -0.2) is 18.0 Å². The maximum Gasteiger partial charge on any atom is 0.346 e. The fraction of sp³-hybridized carbons (Fsp3) is 0.406. The number of halogens is 3. The summed E-state index contributed by atoms with van der Waals surface area (Å²) in [7, 11) is 0. The lowest BCUT2D eigenvalue weighted by Gasteiger charge is -2.27. The van der Waals surface area contributed by atoms with E-state index < -0.39 is 29.0 Å². The Labute approximate surface area is 223 Å². The first-order valence-electron chi connectivity index (χ1n) is 13.6. The summed E-state index contributed by atoms with van der Waals surface area (Å²) in [4.78, 5) is 12.6. The molecule has 3 nitrogen and oxygen atoms in total. The second kappa shape index (κ2) is 13.0. The van der Waals surface area contributed by atoms with Crippen LogP contribution in [0.2, 0.25) is 0 Å². The first-order chi connectivity index (χ1) is 18.4. The molecular weight excluding hydrogens is 489 g/mol. The Morgan fingerprint density at radius 1 is 0.842 bits per heavy atom. The highest BCUT2D eigenvalue weighted by Crippen LogP contribution is 2.37. The minimum atomic E-state index is -1.18. The van der Waals surface area contributed by atoms with E-state index in [0.29, 0.717) is 29.2 Å². The highest BCUT2D eigenvalue weighted by Gasteiger charge is 2.27. The van der Waals surface area contributed by atoms with Crippen LogP contribution in [0.25, 0.3) is 11.1 Å². The molecule has 0 N–H and O–H groups in total. The monoisotopic (exact) mass is 524 g/mol. The van der Waals surface area contributed by atoms with E-state index in [1.165, 1.54) is 30.3 Å². The second-order valence-electron chi connectivity index (χ2n) is 10.3. The molecule has 1 aliphatic rings. The molecule has 0 aliphatic heterocycles. The molecule has 0 unspecified atom stereocenters. The summed E-state index contributed by atoms with van der Waals surface area (Å²) in [6.45, 7) is 4.77. The van der Waals surface area contributed by atoms with E-state index in [4.69, 9.17) is 9.47 Å². The van der Waals surface area contributed by atoms with E-state index in [1.54, 1.807) is 24.3 Å². The van der Waals surface area contributed by atoms with Gasteiger partial charge in [-0.1, -0.05) is 70.2 Å². The van der Waals surface area contributed by atoms with E-state index >= 15 is 0 Å². The van der Waals surface area contributed by atoms with Crippen molar-refractivity contribution in [3.05, 3.63) is 83.2 Å². The predicted octanol–water partition coefficient (Wildman–Crippen LogP) is 9.24. The molecule has 6 heteroatoms. The fourth-order valence-corrected chi connectivity index (χ4v) is 4.99. The van der Waals surface area contributed by atoms with Crippen LogP contribution in [0.3, 0.4) is 0 Å².